The highest BCUT2D eigenvalue weighted by Gasteiger charge is 2.14. The van der Waals surface area contributed by atoms with Crippen LogP contribution < -0.4 is 10.1 Å². The Morgan fingerprint density at radius 3 is 2.40 bits per heavy atom. The molecule has 0 aliphatic carbocycles. The Morgan fingerprint density at radius 2 is 1.70 bits per heavy atom. The number of carboxylic acids is 1. The highest BCUT2D eigenvalue weighted by Crippen LogP contribution is 2.34. The zero-order valence-corrected chi connectivity index (χ0v) is 16.0. The number of aromatic carboxylic acids is 1. The number of fused-ring (bicyclic) bond motifs is 1. The number of anilines is 1. The van der Waals surface area contributed by atoms with Gasteiger partial charge in [-0.25, -0.2) is 14.2 Å². The van der Waals surface area contributed by atoms with Gasteiger partial charge in [0.05, 0.1) is 16.5 Å². The zero-order valence-electron chi connectivity index (χ0n) is 16.0. The van der Waals surface area contributed by atoms with Crippen molar-refractivity contribution in [1.82, 2.24) is 9.97 Å². The van der Waals surface area contributed by atoms with Gasteiger partial charge in [-0.05, 0) is 61.0 Å². The molecule has 0 radical (unpaired) electrons. The number of hydrogen-bond donors (Lipinski definition) is 2. The fourth-order valence-corrected chi connectivity index (χ4v) is 3.10. The number of carboxylic acid groups (broad SMARTS) is 1. The molecule has 0 aliphatic heterocycles. The standard InChI is InChI=1S/C23H18FN3O3/c1-14(15-2-4-16(5-3-15)23(28)29)27-22-21-19(10-12-26-22)25-13-11-20(21)30-18-8-6-17(24)7-9-18/h2-14H,1H3,(H,26,27)(H,28,29)/t14-/m0/s1. The average molecular weight is 403 g/mol. The number of carbonyl (C=O) groups is 1. The monoisotopic (exact) mass is 403 g/mol. The van der Waals surface area contributed by atoms with Crippen LogP contribution in [0.3, 0.4) is 0 Å². The molecule has 0 bridgehead atoms. The van der Waals surface area contributed by atoms with E-state index in [2.05, 4.69) is 15.3 Å². The second kappa shape index (κ2) is 8.16. The van der Waals surface area contributed by atoms with E-state index in [1.54, 1.807) is 60.9 Å². The first kappa shape index (κ1) is 19.3. The Labute approximate surface area is 172 Å². The SMILES string of the molecule is C[C@H](Nc1nccc2nccc(Oc3ccc(F)cc3)c12)c1ccc(C(=O)O)cc1. The van der Waals surface area contributed by atoms with Crippen molar-refractivity contribution < 1.29 is 19.0 Å². The zero-order chi connectivity index (χ0) is 21.1. The van der Waals surface area contributed by atoms with Gasteiger partial charge in [-0.2, -0.15) is 0 Å². The number of nitrogens with zero attached hydrogens (tertiary/aromatic N) is 2. The highest BCUT2D eigenvalue weighted by atomic mass is 19.1. The lowest BCUT2D eigenvalue weighted by molar-refractivity contribution is 0.0697. The summed E-state index contributed by atoms with van der Waals surface area (Å²) in [6, 6.07) is 15.8. The predicted octanol–water partition coefficient (Wildman–Crippen LogP) is 5.43. The second-order valence-corrected chi connectivity index (χ2v) is 6.71. The van der Waals surface area contributed by atoms with Gasteiger partial charge in [0, 0.05) is 18.4 Å². The van der Waals surface area contributed by atoms with E-state index in [-0.39, 0.29) is 17.4 Å². The van der Waals surface area contributed by atoms with Gasteiger partial charge in [-0.1, -0.05) is 12.1 Å². The summed E-state index contributed by atoms with van der Waals surface area (Å²) in [5.41, 5.74) is 1.83. The maximum Gasteiger partial charge on any atom is 0.335 e. The Bertz CT molecular complexity index is 1190. The minimum atomic E-state index is -0.966. The maximum atomic E-state index is 13.2. The predicted molar refractivity (Wildman–Crippen MR) is 111 cm³/mol. The van der Waals surface area contributed by atoms with Crippen molar-refractivity contribution in [3.05, 3.63) is 90.0 Å². The van der Waals surface area contributed by atoms with Gasteiger partial charge in [0.1, 0.15) is 23.1 Å². The van der Waals surface area contributed by atoms with Gasteiger partial charge < -0.3 is 15.2 Å². The third-order valence-electron chi connectivity index (χ3n) is 4.67. The first-order valence-electron chi connectivity index (χ1n) is 9.28. The van der Waals surface area contributed by atoms with Crippen molar-refractivity contribution >= 4 is 22.7 Å². The summed E-state index contributed by atoms with van der Waals surface area (Å²) in [5.74, 6) is 0.305. The highest BCUT2D eigenvalue weighted by molar-refractivity contribution is 5.94. The number of nitrogens with one attached hydrogen (secondary N) is 1. The Kier molecular flexibility index (Phi) is 5.26. The molecule has 0 amide bonds. The van der Waals surface area contributed by atoms with Crippen molar-refractivity contribution in [2.75, 3.05) is 5.32 Å². The second-order valence-electron chi connectivity index (χ2n) is 6.71. The molecule has 0 saturated carbocycles. The molecule has 0 saturated heterocycles. The number of ether oxygens (including phenoxy) is 1. The minimum Gasteiger partial charge on any atom is -0.478 e. The quantitative estimate of drug-likeness (QED) is 0.446. The van der Waals surface area contributed by atoms with Crippen LogP contribution in [-0.2, 0) is 0 Å². The largest absolute Gasteiger partial charge is 0.478 e. The molecule has 1 atom stereocenters. The van der Waals surface area contributed by atoms with E-state index >= 15 is 0 Å². The lowest BCUT2D eigenvalue weighted by atomic mass is 10.1. The van der Waals surface area contributed by atoms with E-state index in [0.29, 0.717) is 28.2 Å². The van der Waals surface area contributed by atoms with Crippen molar-refractivity contribution in [3.8, 4) is 11.5 Å². The lowest BCUT2D eigenvalue weighted by Gasteiger charge is -2.18. The van der Waals surface area contributed by atoms with Crippen molar-refractivity contribution in [2.45, 2.75) is 13.0 Å². The maximum absolute atomic E-state index is 13.2. The smallest absolute Gasteiger partial charge is 0.335 e. The van der Waals surface area contributed by atoms with E-state index in [1.807, 2.05) is 6.92 Å². The van der Waals surface area contributed by atoms with E-state index in [9.17, 15) is 9.18 Å². The van der Waals surface area contributed by atoms with Crippen LogP contribution in [0.5, 0.6) is 11.5 Å². The van der Waals surface area contributed by atoms with Crippen LogP contribution in [0.2, 0.25) is 0 Å². The summed E-state index contributed by atoms with van der Waals surface area (Å²) in [6.45, 7) is 1.95. The molecule has 7 heteroatoms. The molecular formula is C23H18FN3O3. The number of rotatable bonds is 6. The van der Waals surface area contributed by atoms with E-state index < -0.39 is 5.97 Å². The molecule has 30 heavy (non-hydrogen) atoms. The van der Waals surface area contributed by atoms with Gasteiger partial charge in [-0.15, -0.1) is 0 Å². The molecule has 6 nitrogen and oxygen atoms in total. The fraction of sp³-hybridized carbons (Fsp3) is 0.0870. The average Bonchev–Trinajstić information content (AvgIpc) is 2.75. The third kappa shape index (κ3) is 4.05. The number of aromatic nitrogens is 2. The number of hydrogen-bond acceptors (Lipinski definition) is 5. The van der Waals surface area contributed by atoms with Gasteiger partial charge >= 0.3 is 5.97 Å². The summed E-state index contributed by atoms with van der Waals surface area (Å²) >= 11 is 0. The molecular weight excluding hydrogens is 385 g/mol. The molecule has 0 unspecified atom stereocenters. The minimum absolute atomic E-state index is 0.148. The van der Waals surface area contributed by atoms with E-state index in [4.69, 9.17) is 9.84 Å². The van der Waals surface area contributed by atoms with Gasteiger partial charge in [0.15, 0.2) is 0 Å². The molecule has 0 spiro atoms. The van der Waals surface area contributed by atoms with Crippen LogP contribution >= 0.6 is 0 Å². The number of pyridine rings is 2. The Balaban J connectivity index is 1.66. The third-order valence-corrected chi connectivity index (χ3v) is 4.67. The van der Waals surface area contributed by atoms with Crippen LogP contribution in [-0.4, -0.2) is 21.0 Å². The topological polar surface area (TPSA) is 84.3 Å². The first-order valence-corrected chi connectivity index (χ1v) is 9.28. The van der Waals surface area contributed by atoms with Crippen LogP contribution in [0.4, 0.5) is 10.2 Å². The molecule has 2 aromatic heterocycles. The van der Waals surface area contributed by atoms with Crippen LogP contribution in [0.15, 0.2) is 73.1 Å². The molecule has 2 N–H and O–H groups in total. The molecule has 0 fully saturated rings. The fourth-order valence-electron chi connectivity index (χ4n) is 3.10. The van der Waals surface area contributed by atoms with Crippen molar-refractivity contribution in [2.24, 2.45) is 0 Å². The van der Waals surface area contributed by atoms with Gasteiger partial charge in [-0.3, -0.25) is 4.98 Å². The molecule has 2 heterocycles. The Hall–Kier alpha value is -4.00. The van der Waals surface area contributed by atoms with Crippen LogP contribution in [0.25, 0.3) is 10.9 Å². The van der Waals surface area contributed by atoms with Gasteiger partial charge in [0.25, 0.3) is 0 Å². The summed E-state index contributed by atoms with van der Waals surface area (Å²) in [7, 11) is 0. The van der Waals surface area contributed by atoms with Crippen molar-refractivity contribution in [3.63, 3.8) is 0 Å². The summed E-state index contributed by atoms with van der Waals surface area (Å²) in [4.78, 5) is 19.9. The van der Waals surface area contributed by atoms with Crippen molar-refractivity contribution in [1.29, 1.82) is 0 Å². The Morgan fingerprint density at radius 1 is 1.00 bits per heavy atom. The summed E-state index contributed by atoms with van der Waals surface area (Å²) in [6.07, 6.45) is 3.29. The lowest BCUT2D eigenvalue weighted by Crippen LogP contribution is -2.09. The molecule has 4 rings (SSSR count). The molecule has 150 valence electrons. The summed E-state index contributed by atoms with van der Waals surface area (Å²) in [5, 5.41) is 13.1. The van der Waals surface area contributed by atoms with E-state index in [0.717, 1.165) is 5.56 Å². The molecule has 4 aromatic rings. The number of benzene rings is 2. The molecule has 0 aliphatic rings. The van der Waals surface area contributed by atoms with Gasteiger partial charge in [0.2, 0.25) is 0 Å². The molecule has 2 aromatic carbocycles. The normalized spacial score (nSPS) is 11.8. The van der Waals surface area contributed by atoms with E-state index in [1.165, 1.54) is 12.1 Å². The first-order chi connectivity index (χ1) is 14.5. The van der Waals surface area contributed by atoms with Crippen LogP contribution in [0, 0.1) is 5.82 Å². The summed E-state index contributed by atoms with van der Waals surface area (Å²) < 4.78 is 19.2. The van der Waals surface area contributed by atoms with Crippen LogP contribution in [0.1, 0.15) is 28.9 Å². The number of halogens is 1.